The van der Waals surface area contributed by atoms with Crippen LogP contribution < -0.4 is 5.73 Å². The highest BCUT2D eigenvalue weighted by Gasteiger charge is 2.18. The topological polar surface area (TPSA) is 53.0 Å². The molecule has 2 unspecified atom stereocenters. The first-order valence-corrected chi connectivity index (χ1v) is 5.70. The number of nitrogens with zero attached hydrogens (tertiary/aromatic N) is 2. The van der Waals surface area contributed by atoms with Gasteiger partial charge in [-0.25, -0.2) is 0 Å². The molecule has 0 aromatic rings. The van der Waals surface area contributed by atoms with Gasteiger partial charge in [-0.2, -0.15) is 5.26 Å². The predicted molar refractivity (Wildman–Crippen MR) is 64.4 cm³/mol. The number of rotatable bonds is 6. The van der Waals surface area contributed by atoms with Crippen molar-refractivity contribution < 1.29 is 0 Å². The molecule has 0 aliphatic rings. The van der Waals surface area contributed by atoms with Gasteiger partial charge in [0, 0.05) is 6.04 Å². The van der Waals surface area contributed by atoms with E-state index in [1.54, 1.807) is 6.92 Å². The summed E-state index contributed by atoms with van der Waals surface area (Å²) in [5.41, 5.74) is 5.09. The van der Waals surface area contributed by atoms with Gasteiger partial charge < -0.3 is 10.6 Å². The third kappa shape index (κ3) is 5.76. The zero-order valence-electron chi connectivity index (χ0n) is 10.7. The van der Waals surface area contributed by atoms with Gasteiger partial charge in [0.2, 0.25) is 0 Å². The van der Waals surface area contributed by atoms with Crippen LogP contribution in [-0.4, -0.2) is 30.1 Å². The number of nitrogens with two attached hydrogens (primary N) is 1. The Kier molecular flexibility index (Phi) is 5.85. The van der Waals surface area contributed by atoms with Gasteiger partial charge in [-0.1, -0.05) is 13.8 Å². The molecule has 3 nitrogen and oxygen atoms in total. The van der Waals surface area contributed by atoms with Crippen molar-refractivity contribution in [2.75, 3.05) is 13.6 Å². The van der Waals surface area contributed by atoms with Gasteiger partial charge in [-0.05, 0) is 46.2 Å². The monoisotopic (exact) mass is 211 g/mol. The summed E-state index contributed by atoms with van der Waals surface area (Å²) in [6.07, 6.45) is 1.74. The number of nitriles is 1. The zero-order valence-corrected chi connectivity index (χ0v) is 10.7. The molecule has 0 aromatic heterocycles. The Hall–Kier alpha value is -0.590. The third-order valence-corrected chi connectivity index (χ3v) is 3.12. The molecule has 0 aromatic carbocycles. The van der Waals surface area contributed by atoms with E-state index in [4.69, 9.17) is 11.0 Å². The maximum atomic E-state index is 8.77. The molecule has 0 spiro atoms. The molecular formula is C12H25N3. The van der Waals surface area contributed by atoms with Crippen LogP contribution >= 0.6 is 0 Å². The molecule has 0 aliphatic heterocycles. The fraction of sp³-hybridized carbons (Fsp3) is 0.917. The van der Waals surface area contributed by atoms with E-state index in [1.165, 1.54) is 0 Å². The normalized spacial score (nSPS) is 17.5. The summed E-state index contributed by atoms with van der Waals surface area (Å²) in [6, 6.07) is 2.71. The second kappa shape index (κ2) is 6.09. The van der Waals surface area contributed by atoms with Crippen LogP contribution in [0.5, 0.6) is 0 Å². The van der Waals surface area contributed by atoms with Gasteiger partial charge in [-0.3, -0.25) is 0 Å². The van der Waals surface area contributed by atoms with Crippen molar-refractivity contribution in [3.05, 3.63) is 0 Å². The van der Waals surface area contributed by atoms with Crippen molar-refractivity contribution in [3.63, 3.8) is 0 Å². The van der Waals surface area contributed by atoms with Crippen molar-refractivity contribution >= 4 is 0 Å². The summed E-state index contributed by atoms with van der Waals surface area (Å²) >= 11 is 0. The first-order valence-electron chi connectivity index (χ1n) is 5.70. The lowest BCUT2D eigenvalue weighted by Gasteiger charge is -2.28. The predicted octanol–water partition coefficient (Wildman–Crippen LogP) is 1.98. The molecule has 0 bridgehead atoms. The Balaban J connectivity index is 3.83. The van der Waals surface area contributed by atoms with Crippen molar-refractivity contribution in [1.82, 2.24) is 4.90 Å². The van der Waals surface area contributed by atoms with Crippen LogP contribution in [0.2, 0.25) is 0 Å². The average molecular weight is 211 g/mol. The smallest absolute Gasteiger partial charge is 0.101 e. The Bertz CT molecular complexity index is 215. The van der Waals surface area contributed by atoms with Crippen LogP contribution in [0.3, 0.4) is 0 Å². The molecule has 0 amide bonds. The second-order valence-electron chi connectivity index (χ2n) is 5.10. The molecular weight excluding hydrogens is 186 g/mol. The Morgan fingerprint density at radius 2 is 1.93 bits per heavy atom. The van der Waals surface area contributed by atoms with Crippen molar-refractivity contribution in [3.8, 4) is 6.07 Å². The van der Waals surface area contributed by atoms with Gasteiger partial charge in [0.25, 0.3) is 0 Å². The highest BCUT2D eigenvalue weighted by atomic mass is 15.1. The van der Waals surface area contributed by atoms with E-state index in [1.807, 2.05) is 0 Å². The lowest BCUT2D eigenvalue weighted by Crippen LogP contribution is -2.37. The van der Waals surface area contributed by atoms with Crippen LogP contribution in [0.15, 0.2) is 0 Å². The third-order valence-electron chi connectivity index (χ3n) is 3.12. The largest absolute Gasteiger partial charge is 0.314 e. The lowest BCUT2D eigenvalue weighted by molar-refractivity contribution is 0.202. The molecule has 3 heteroatoms. The number of hydrogen-bond donors (Lipinski definition) is 1. The first-order chi connectivity index (χ1) is 6.80. The molecule has 0 rings (SSSR count). The van der Waals surface area contributed by atoms with E-state index in [2.05, 4.69) is 38.8 Å². The van der Waals surface area contributed by atoms with Gasteiger partial charge in [0.1, 0.15) is 5.54 Å². The van der Waals surface area contributed by atoms with Gasteiger partial charge in [0.15, 0.2) is 0 Å². The van der Waals surface area contributed by atoms with E-state index in [-0.39, 0.29) is 0 Å². The van der Waals surface area contributed by atoms with Crippen LogP contribution in [0.4, 0.5) is 0 Å². The molecule has 2 N–H and O–H groups in total. The van der Waals surface area contributed by atoms with Gasteiger partial charge >= 0.3 is 0 Å². The fourth-order valence-corrected chi connectivity index (χ4v) is 1.46. The lowest BCUT2D eigenvalue weighted by atomic mass is 9.98. The number of hydrogen-bond acceptors (Lipinski definition) is 3. The van der Waals surface area contributed by atoms with Crippen LogP contribution in [0.1, 0.15) is 40.5 Å². The van der Waals surface area contributed by atoms with Crippen molar-refractivity contribution in [2.24, 2.45) is 11.7 Å². The Labute approximate surface area is 94.2 Å². The molecule has 0 fully saturated rings. The van der Waals surface area contributed by atoms with Crippen LogP contribution in [0.25, 0.3) is 0 Å². The molecule has 88 valence electrons. The second-order valence-corrected chi connectivity index (χ2v) is 5.10. The molecule has 0 heterocycles. The van der Waals surface area contributed by atoms with Gasteiger partial charge in [-0.15, -0.1) is 0 Å². The van der Waals surface area contributed by atoms with Gasteiger partial charge in [0.05, 0.1) is 6.07 Å². The van der Waals surface area contributed by atoms with E-state index in [0.717, 1.165) is 19.4 Å². The summed E-state index contributed by atoms with van der Waals surface area (Å²) in [5.74, 6) is 0.662. The maximum Gasteiger partial charge on any atom is 0.101 e. The molecule has 0 radical (unpaired) electrons. The highest BCUT2D eigenvalue weighted by Crippen LogP contribution is 2.11. The molecule has 2 atom stereocenters. The summed E-state index contributed by atoms with van der Waals surface area (Å²) in [7, 11) is 2.13. The quantitative estimate of drug-likeness (QED) is 0.731. The summed E-state index contributed by atoms with van der Waals surface area (Å²) in [5, 5.41) is 8.77. The van der Waals surface area contributed by atoms with Crippen LogP contribution in [0, 0.1) is 17.2 Å². The molecule has 15 heavy (non-hydrogen) atoms. The standard InChI is InChI=1S/C12H25N3/c1-10(2)11(3)15(5)8-6-7-12(4,14)9-13/h10-11H,6-8,14H2,1-5H3. The van der Waals surface area contributed by atoms with E-state index in [0.29, 0.717) is 12.0 Å². The van der Waals surface area contributed by atoms with Crippen molar-refractivity contribution in [1.29, 1.82) is 5.26 Å². The first kappa shape index (κ1) is 14.4. The fourth-order valence-electron chi connectivity index (χ4n) is 1.46. The van der Waals surface area contributed by atoms with E-state index >= 15 is 0 Å². The van der Waals surface area contributed by atoms with Crippen molar-refractivity contribution in [2.45, 2.75) is 52.1 Å². The minimum atomic E-state index is -0.665. The maximum absolute atomic E-state index is 8.77. The SMILES string of the molecule is CC(C)C(C)N(C)CCCC(C)(N)C#N. The van der Waals surface area contributed by atoms with E-state index in [9.17, 15) is 0 Å². The molecule has 0 saturated carbocycles. The molecule has 0 aliphatic carbocycles. The Morgan fingerprint density at radius 3 is 2.33 bits per heavy atom. The zero-order chi connectivity index (χ0) is 12.1. The van der Waals surface area contributed by atoms with E-state index < -0.39 is 5.54 Å². The minimum absolute atomic E-state index is 0.580. The summed E-state index contributed by atoms with van der Waals surface area (Å²) in [6.45, 7) is 9.48. The molecule has 0 saturated heterocycles. The Morgan fingerprint density at radius 1 is 1.40 bits per heavy atom. The summed E-state index contributed by atoms with van der Waals surface area (Å²) < 4.78 is 0. The van der Waals surface area contributed by atoms with Crippen LogP contribution in [-0.2, 0) is 0 Å². The summed E-state index contributed by atoms with van der Waals surface area (Å²) in [4.78, 5) is 2.33. The average Bonchev–Trinajstić information content (AvgIpc) is 2.16. The highest BCUT2D eigenvalue weighted by molar-refractivity contribution is 5.00. The minimum Gasteiger partial charge on any atom is -0.314 e.